The first-order valence-corrected chi connectivity index (χ1v) is 7.43. The van der Waals surface area contributed by atoms with Crippen molar-refractivity contribution in [2.24, 2.45) is 0 Å². The summed E-state index contributed by atoms with van der Waals surface area (Å²) in [6.07, 6.45) is 0.579. The Bertz CT molecular complexity index is 576. The normalized spacial score (nSPS) is 18.8. The van der Waals surface area contributed by atoms with Crippen molar-refractivity contribution in [3.05, 3.63) is 28.7 Å². The molecule has 112 valence electrons. The molecule has 3 amide bonds. The van der Waals surface area contributed by atoms with Crippen molar-refractivity contribution in [1.82, 2.24) is 10.2 Å². The van der Waals surface area contributed by atoms with E-state index in [2.05, 4.69) is 26.6 Å². The Kier molecular flexibility index (Phi) is 5.08. The maximum Gasteiger partial charge on any atom is 0.246 e. The molecule has 0 bridgehead atoms. The van der Waals surface area contributed by atoms with Gasteiger partial charge in [-0.3, -0.25) is 24.6 Å². The lowest BCUT2D eigenvalue weighted by Gasteiger charge is -2.30. The SMILES string of the molecule is CCC1NCC(=O)N(CC(=O)Nc2cccc(Br)c2)C1=O. The van der Waals surface area contributed by atoms with E-state index in [1.165, 1.54) is 0 Å². The monoisotopic (exact) mass is 353 g/mol. The smallest absolute Gasteiger partial charge is 0.246 e. The van der Waals surface area contributed by atoms with Crippen molar-refractivity contribution in [3.8, 4) is 0 Å². The maximum absolute atomic E-state index is 12.1. The minimum absolute atomic E-state index is 0.0778. The zero-order chi connectivity index (χ0) is 15.4. The summed E-state index contributed by atoms with van der Waals surface area (Å²) in [5, 5.41) is 5.52. The van der Waals surface area contributed by atoms with Crippen LogP contribution in [0.15, 0.2) is 28.7 Å². The highest BCUT2D eigenvalue weighted by atomic mass is 79.9. The molecule has 1 atom stereocenters. The van der Waals surface area contributed by atoms with Gasteiger partial charge in [0.1, 0.15) is 6.54 Å². The first-order valence-electron chi connectivity index (χ1n) is 6.64. The topological polar surface area (TPSA) is 78.5 Å². The van der Waals surface area contributed by atoms with Crippen LogP contribution in [0.5, 0.6) is 0 Å². The second-order valence-electron chi connectivity index (χ2n) is 4.72. The largest absolute Gasteiger partial charge is 0.324 e. The van der Waals surface area contributed by atoms with E-state index in [0.717, 1.165) is 9.37 Å². The lowest BCUT2D eigenvalue weighted by Crippen LogP contribution is -2.59. The molecule has 1 unspecified atom stereocenters. The fourth-order valence-electron chi connectivity index (χ4n) is 2.10. The number of nitrogens with zero attached hydrogens (tertiary/aromatic N) is 1. The predicted molar refractivity (Wildman–Crippen MR) is 81.6 cm³/mol. The fraction of sp³-hybridized carbons (Fsp3) is 0.357. The van der Waals surface area contributed by atoms with E-state index in [1.54, 1.807) is 18.2 Å². The van der Waals surface area contributed by atoms with Gasteiger partial charge in [0.15, 0.2) is 0 Å². The number of benzene rings is 1. The average Bonchev–Trinajstić information content (AvgIpc) is 2.43. The van der Waals surface area contributed by atoms with Gasteiger partial charge in [0, 0.05) is 10.2 Å². The summed E-state index contributed by atoms with van der Waals surface area (Å²) in [7, 11) is 0. The zero-order valence-corrected chi connectivity index (χ0v) is 13.1. The van der Waals surface area contributed by atoms with Gasteiger partial charge in [-0.25, -0.2) is 0 Å². The van der Waals surface area contributed by atoms with Crippen LogP contribution in [0.4, 0.5) is 5.69 Å². The molecule has 2 rings (SSSR count). The molecule has 0 spiro atoms. The summed E-state index contributed by atoms with van der Waals surface area (Å²) in [4.78, 5) is 36.8. The number of anilines is 1. The Morgan fingerprint density at radius 2 is 2.24 bits per heavy atom. The molecule has 1 aromatic rings. The lowest BCUT2D eigenvalue weighted by atomic mass is 10.1. The molecule has 1 fully saturated rings. The number of rotatable bonds is 4. The summed E-state index contributed by atoms with van der Waals surface area (Å²) < 4.78 is 0.834. The summed E-state index contributed by atoms with van der Waals surface area (Å²) in [5.41, 5.74) is 0.608. The Morgan fingerprint density at radius 3 is 2.90 bits per heavy atom. The van der Waals surface area contributed by atoms with Crippen LogP contribution < -0.4 is 10.6 Å². The van der Waals surface area contributed by atoms with Gasteiger partial charge in [-0.2, -0.15) is 0 Å². The summed E-state index contributed by atoms with van der Waals surface area (Å²) in [6.45, 7) is 1.67. The second-order valence-corrected chi connectivity index (χ2v) is 5.63. The van der Waals surface area contributed by atoms with Gasteiger partial charge in [0.05, 0.1) is 12.6 Å². The van der Waals surface area contributed by atoms with Crippen LogP contribution in [0.25, 0.3) is 0 Å². The number of amides is 3. The van der Waals surface area contributed by atoms with Crippen LogP contribution in [-0.4, -0.2) is 41.8 Å². The van der Waals surface area contributed by atoms with Crippen molar-refractivity contribution in [1.29, 1.82) is 0 Å². The number of imide groups is 1. The molecule has 0 saturated carbocycles. The molecular formula is C14H16BrN3O3. The number of nitrogens with one attached hydrogen (secondary N) is 2. The van der Waals surface area contributed by atoms with E-state index in [4.69, 9.17) is 0 Å². The molecule has 1 heterocycles. The average molecular weight is 354 g/mol. The number of hydrogen-bond donors (Lipinski definition) is 2. The van der Waals surface area contributed by atoms with Gasteiger partial charge < -0.3 is 5.32 Å². The highest BCUT2D eigenvalue weighted by molar-refractivity contribution is 9.10. The van der Waals surface area contributed by atoms with Crippen molar-refractivity contribution in [3.63, 3.8) is 0 Å². The molecule has 1 aliphatic rings. The van der Waals surface area contributed by atoms with Gasteiger partial charge in [0.2, 0.25) is 17.7 Å². The predicted octanol–water partition coefficient (Wildman–Crippen LogP) is 1.12. The van der Waals surface area contributed by atoms with E-state index in [0.29, 0.717) is 12.1 Å². The van der Waals surface area contributed by atoms with Gasteiger partial charge in [0.25, 0.3) is 0 Å². The van der Waals surface area contributed by atoms with Gasteiger partial charge in [-0.1, -0.05) is 28.9 Å². The van der Waals surface area contributed by atoms with Crippen molar-refractivity contribution in [2.75, 3.05) is 18.4 Å². The molecule has 2 N–H and O–H groups in total. The highest BCUT2D eigenvalue weighted by Crippen LogP contribution is 2.15. The maximum atomic E-state index is 12.1. The molecule has 0 radical (unpaired) electrons. The molecule has 0 aliphatic carbocycles. The van der Waals surface area contributed by atoms with Crippen LogP contribution in [0.3, 0.4) is 0 Å². The Balaban J connectivity index is 2.01. The molecule has 21 heavy (non-hydrogen) atoms. The van der Waals surface area contributed by atoms with Crippen LogP contribution in [-0.2, 0) is 14.4 Å². The van der Waals surface area contributed by atoms with Crippen molar-refractivity contribution < 1.29 is 14.4 Å². The Hall–Kier alpha value is -1.73. The standard InChI is InChI=1S/C14H16BrN3O3/c1-2-11-14(21)18(13(20)7-16-11)8-12(19)17-10-5-3-4-9(15)6-10/h3-6,11,16H,2,7-8H2,1H3,(H,17,19). The van der Waals surface area contributed by atoms with E-state index >= 15 is 0 Å². The third-order valence-electron chi connectivity index (χ3n) is 3.18. The third kappa shape index (κ3) is 3.89. The second kappa shape index (κ2) is 6.82. The van der Waals surface area contributed by atoms with Crippen LogP contribution in [0, 0.1) is 0 Å². The number of carbonyl (C=O) groups is 3. The first kappa shape index (κ1) is 15.7. The van der Waals surface area contributed by atoms with E-state index < -0.39 is 11.9 Å². The Morgan fingerprint density at radius 1 is 1.48 bits per heavy atom. The van der Waals surface area contributed by atoms with E-state index in [9.17, 15) is 14.4 Å². The highest BCUT2D eigenvalue weighted by Gasteiger charge is 2.33. The van der Waals surface area contributed by atoms with Gasteiger partial charge >= 0.3 is 0 Å². The first-order chi connectivity index (χ1) is 10.0. The molecule has 7 heteroatoms. The van der Waals surface area contributed by atoms with Crippen molar-refractivity contribution >= 4 is 39.3 Å². The van der Waals surface area contributed by atoms with Crippen molar-refractivity contribution in [2.45, 2.75) is 19.4 Å². The van der Waals surface area contributed by atoms with Gasteiger partial charge in [-0.05, 0) is 24.6 Å². The minimum atomic E-state index is -0.402. The number of hydrogen-bond acceptors (Lipinski definition) is 4. The summed E-state index contributed by atoms with van der Waals surface area (Å²) in [6, 6.07) is 6.70. The fourth-order valence-corrected chi connectivity index (χ4v) is 2.50. The minimum Gasteiger partial charge on any atom is -0.324 e. The molecular weight excluding hydrogens is 338 g/mol. The molecule has 1 aliphatic heterocycles. The summed E-state index contributed by atoms with van der Waals surface area (Å²) >= 11 is 3.31. The van der Waals surface area contributed by atoms with E-state index in [1.807, 2.05) is 13.0 Å². The number of carbonyl (C=O) groups excluding carboxylic acids is 3. The third-order valence-corrected chi connectivity index (χ3v) is 3.68. The summed E-state index contributed by atoms with van der Waals surface area (Å²) in [5.74, 6) is -1.13. The van der Waals surface area contributed by atoms with Gasteiger partial charge in [-0.15, -0.1) is 0 Å². The number of halogens is 1. The van der Waals surface area contributed by atoms with Crippen LogP contribution >= 0.6 is 15.9 Å². The molecule has 1 saturated heterocycles. The quantitative estimate of drug-likeness (QED) is 0.795. The van der Waals surface area contributed by atoms with E-state index in [-0.39, 0.29) is 24.9 Å². The Labute approximate surface area is 131 Å². The number of piperazine rings is 1. The van der Waals surface area contributed by atoms with Crippen LogP contribution in [0.1, 0.15) is 13.3 Å². The zero-order valence-electron chi connectivity index (χ0n) is 11.6. The lowest BCUT2D eigenvalue weighted by molar-refractivity contribution is -0.151. The molecule has 1 aromatic carbocycles. The molecule has 6 nitrogen and oxygen atoms in total. The van der Waals surface area contributed by atoms with Crippen LogP contribution in [0.2, 0.25) is 0 Å². The molecule has 0 aromatic heterocycles.